The SMILES string of the molecule is COc1cc(CC(C)N)c(O)cc1Sc1ccccc1. The zero-order valence-electron chi connectivity index (χ0n) is 11.7. The molecule has 106 valence electrons. The van der Waals surface area contributed by atoms with Crippen LogP contribution in [0, 0.1) is 0 Å². The van der Waals surface area contributed by atoms with Crippen molar-refractivity contribution < 1.29 is 9.84 Å². The first-order chi connectivity index (χ1) is 9.60. The summed E-state index contributed by atoms with van der Waals surface area (Å²) in [6.45, 7) is 1.92. The highest BCUT2D eigenvalue weighted by molar-refractivity contribution is 7.99. The molecule has 2 aromatic carbocycles. The summed E-state index contributed by atoms with van der Waals surface area (Å²) in [6.07, 6.45) is 0.623. The van der Waals surface area contributed by atoms with E-state index >= 15 is 0 Å². The van der Waals surface area contributed by atoms with Gasteiger partial charge in [0.1, 0.15) is 11.5 Å². The van der Waals surface area contributed by atoms with Crippen LogP contribution in [0.4, 0.5) is 0 Å². The van der Waals surface area contributed by atoms with Crippen molar-refractivity contribution in [1.29, 1.82) is 0 Å². The number of benzene rings is 2. The Morgan fingerprint density at radius 2 is 1.95 bits per heavy atom. The minimum Gasteiger partial charge on any atom is -0.508 e. The molecule has 0 aromatic heterocycles. The molecule has 0 amide bonds. The van der Waals surface area contributed by atoms with Crippen LogP contribution >= 0.6 is 11.8 Å². The topological polar surface area (TPSA) is 55.5 Å². The summed E-state index contributed by atoms with van der Waals surface area (Å²) in [4.78, 5) is 2.00. The van der Waals surface area contributed by atoms with E-state index < -0.39 is 0 Å². The predicted octanol–water partition coefficient (Wildman–Crippen LogP) is 3.44. The molecule has 20 heavy (non-hydrogen) atoms. The van der Waals surface area contributed by atoms with Crippen LogP contribution in [-0.4, -0.2) is 18.3 Å². The zero-order chi connectivity index (χ0) is 14.5. The Bertz CT molecular complexity index is 570. The fraction of sp³-hybridized carbons (Fsp3) is 0.250. The number of nitrogens with two attached hydrogens (primary N) is 1. The first-order valence-electron chi connectivity index (χ1n) is 6.48. The zero-order valence-corrected chi connectivity index (χ0v) is 12.5. The lowest BCUT2D eigenvalue weighted by molar-refractivity contribution is 0.399. The second-order valence-corrected chi connectivity index (χ2v) is 5.84. The van der Waals surface area contributed by atoms with Crippen LogP contribution in [0.25, 0.3) is 0 Å². The van der Waals surface area contributed by atoms with Gasteiger partial charge in [-0.15, -0.1) is 0 Å². The molecule has 2 aromatic rings. The largest absolute Gasteiger partial charge is 0.508 e. The van der Waals surface area contributed by atoms with Crippen LogP contribution in [0.3, 0.4) is 0 Å². The molecule has 3 N–H and O–H groups in total. The molecule has 0 aliphatic rings. The van der Waals surface area contributed by atoms with E-state index in [2.05, 4.69) is 0 Å². The molecule has 0 fully saturated rings. The fourth-order valence-corrected chi connectivity index (χ4v) is 2.92. The van der Waals surface area contributed by atoms with Gasteiger partial charge < -0.3 is 15.6 Å². The third kappa shape index (κ3) is 3.68. The number of methoxy groups -OCH3 is 1. The molecular weight excluding hydrogens is 270 g/mol. The Hall–Kier alpha value is -1.65. The van der Waals surface area contributed by atoms with Gasteiger partial charge in [-0.3, -0.25) is 0 Å². The van der Waals surface area contributed by atoms with Gasteiger partial charge in [-0.2, -0.15) is 0 Å². The third-order valence-electron chi connectivity index (χ3n) is 2.88. The molecular formula is C16H19NO2S. The molecule has 2 rings (SSSR count). The van der Waals surface area contributed by atoms with E-state index in [1.54, 1.807) is 24.9 Å². The monoisotopic (exact) mass is 289 g/mol. The van der Waals surface area contributed by atoms with Crippen LogP contribution in [0.5, 0.6) is 11.5 Å². The second-order valence-electron chi connectivity index (χ2n) is 4.73. The van der Waals surface area contributed by atoms with E-state index in [4.69, 9.17) is 10.5 Å². The van der Waals surface area contributed by atoms with Crippen LogP contribution in [0.1, 0.15) is 12.5 Å². The first kappa shape index (κ1) is 14.8. The Morgan fingerprint density at radius 3 is 2.55 bits per heavy atom. The minimum atomic E-state index is -0.00164. The lowest BCUT2D eigenvalue weighted by Crippen LogP contribution is -2.17. The van der Waals surface area contributed by atoms with E-state index in [1.807, 2.05) is 43.3 Å². The summed E-state index contributed by atoms with van der Waals surface area (Å²) in [5.41, 5.74) is 6.60. The number of rotatable bonds is 5. The first-order valence-corrected chi connectivity index (χ1v) is 7.30. The number of hydrogen-bond donors (Lipinski definition) is 2. The second kappa shape index (κ2) is 6.68. The fourth-order valence-electron chi connectivity index (χ4n) is 1.96. The molecule has 1 unspecified atom stereocenters. The standard InChI is InChI=1S/C16H19NO2S/c1-11(17)8-12-9-15(19-2)16(10-14(12)18)20-13-6-4-3-5-7-13/h3-7,9-11,18H,8,17H2,1-2H3. The Balaban J connectivity index is 2.31. The van der Waals surface area contributed by atoms with E-state index in [1.165, 1.54) is 0 Å². The molecule has 0 aliphatic heterocycles. The van der Waals surface area contributed by atoms with Crippen LogP contribution in [-0.2, 0) is 6.42 Å². The van der Waals surface area contributed by atoms with E-state index in [-0.39, 0.29) is 11.8 Å². The van der Waals surface area contributed by atoms with Crippen molar-refractivity contribution in [2.75, 3.05) is 7.11 Å². The highest BCUT2D eigenvalue weighted by atomic mass is 32.2. The van der Waals surface area contributed by atoms with Gasteiger partial charge in [0.05, 0.1) is 12.0 Å². The van der Waals surface area contributed by atoms with Gasteiger partial charge in [-0.1, -0.05) is 30.0 Å². The molecule has 0 radical (unpaired) electrons. The van der Waals surface area contributed by atoms with Gasteiger partial charge in [0.25, 0.3) is 0 Å². The average Bonchev–Trinajstić information content (AvgIpc) is 2.42. The summed E-state index contributed by atoms with van der Waals surface area (Å²) in [5, 5.41) is 10.1. The quantitative estimate of drug-likeness (QED) is 0.885. The van der Waals surface area contributed by atoms with Crippen molar-refractivity contribution in [1.82, 2.24) is 0 Å². The van der Waals surface area contributed by atoms with Crippen LogP contribution < -0.4 is 10.5 Å². The van der Waals surface area contributed by atoms with Crippen LogP contribution in [0.15, 0.2) is 52.3 Å². The highest BCUT2D eigenvalue weighted by Gasteiger charge is 2.12. The van der Waals surface area contributed by atoms with Gasteiger partial charge in [-0.05, 0) is 43.2 Å². The summed E-state index contributed by atoms with van der Waals surface area (Å²) >= 11 is 1.56. The van der Waals surface area contributed by atoms with Gasteiger partial charge in [-0.25, -0.2) is 0 Å². The summed E-state index contributed by atoms with van der Waals surface area (Å²) in [5.74, 6) is 1.02. The van der Waals surface area contributed by atoms with E-state index in [0.717, 1.165) is 21.1 Å². The molecule has 0 spiro atoms. The molecule has 0 bridgehead atoms. The van der Waals surface area contributed by atoms with Crippen molar-refractivity contribution >= 4 is 11.8 Å². The normalized spacial score (nSPS) is 12.2. The lowest BCUT2D eigenvalue weighted by Gasteiger charge is -2.13. The van der Waals surface area contributed by atoms with Gasteiger partial charge in [0.2, 0.25) is 0 Å². The number of hydrogen-bond acceptors (Lipinski definition) is 4. The smallest absolute Gasteiger partial charge is 0.133 e. The average molecular weight is 289 g/mol. The molecule has 0 saturated heterocycles. The Kier molecular flexibility index (Phi) is 4.93. The Morgan fingerprint density at radius 1 is 1.25 bits per heavy atom. The maximum absolute atomic E-state index is 10.1. The molecule has 0 saturated carbocycles. The predicted molar refractivity (Wildman–Crippen MR) is 82.6 cm³/mol. The third-order valence-corrected chi connectivity index (χ3v) is 3.92. The van der Waals surface area contributed by atoms with E-state index in [9.17, 15) is 5.11 Å². The molecule has 0 heterocycles. The maximum Gasteiger partial charge on any atom is 0.133 e. The van der Waals surface area contributed by atoms with Gasteiger partial charge in [0.15, 0.2) is 0 Å². The molecule has 4 heteroatoms. The van der Waals surface area contributed by atoms with Crippen molar-refractivity contribution in [2.24, 2.45) is 5.73 Å². The van der Waals surface area contributed by atoms with Crippen molar-refractivity contribution in [3.8, 4) is 11.5 Å². The van der Waals surface area contributed by atoms with Crippen molar-refractivity contribution in [3.63, 3.8) is 0 Å². The highest BCUT2D eigenvalue weighted by Crippen LogP contribution is 2.39. The number of aromatic hydroxyl groups is 1. The minimum absolute atomic E-state index is 0.00164. The van der Waals surface area contributed by atoms with Gasteiger partial charge in [0, 0.05) is 10.9 Å². The number of ether oxygens (including phenoxy) is 1. The summed E-state index contributed by atoms with van der Waals surface area (Å²) < 4.78 is 5.42. The maximum atomic E-state index is 10.1. The molecule has 0 aliphatic carbocycles. The van der Waals surface area contributed by atoms with Gasteiger partial charge >= 0.3 is 0 Å². The molecule has 1 atom stereocenters. The van der Waals surface area contributed by atoms with Crippen molar-refractivity contribution in [2.45, 2.75) is 29.2 Å². The molecule has 3 nitrogen and oxygen atoms in total. The summed E-state index contributed by atoms with van der Waals surface area (Å²) in [7, 11) is 1.64. The Labute approximate surface area is 123 Å². The van der Waals surface area contributed by atoms with Crippen molar-refractivity contribution in [3.05, 3.63) is 48.0 Å². The number of phenolic OH excluding ortho intramolecular Hbond substituents is 1. The van der Waals surface area contributed by atoms with E-state index in [0.29, 0.717) is 6.42 Å². The lowest BCUT2D eigenvalue weighted by atomic mass is 10.1. The summed E-state index contributed by atoms with van der Waals surface area (Å²) in [6, 6.07) is 13.6. The van der Waals surface area contributed by atoms with Crippen LogP contribution in [0.2, 0.25) is 0 Å². The number of phenols is 1.